The topological polar surface area (TPSA) is 78.4 Å². The molecule has 3 N–H and O–H groups in total. The Hall–Kier alpha value is -1.75. The number of halogens is 1. The van der Waals surface area contributed by atoms with Crippen LogP contribution >= 0.6 is 11.6 Å². The largest absolute Gasteiger partial charge is 0.481 e. The highest BCUT2D eigenvalue weighted by Crippen LogP contribution is 2.39. The van der Waals surface area contributed by atoms with Gasteiger partial charge in [-0.05, 0) is 30.4 Å². The molecule has 1 fully saturated rings. The minimum Gasteiger partial charge on any atom is -0.481 e. The second-order valence-electron chi connectivity index (χ2n) is 4.93. The van der Waals surface area contributed by atoms with Gasteiger partial charge in [0.25, 0.3) is 0 Å². The molecule has 1 saturated carbocycles. The number of nitrogens with one attached hydrogen (secondary N) is 2. The Morgan fingerprint density at radius 3 is 2.65 bits per heavy atom. The molecule has 1 aromatic rings. The zero-order valence-electron chi connectivity index (χ0n) is 10.9. The SMILES string of the molecule is O=C(O)CCNC(=O)NC1CC(c2ccccc2Cl)C1. The van der Waals surface area contributed by atoms with Crippen molar-refractivity contribution in [2.24, 2.45) is 0 Å². The first-order valence-electron chi connectivity index (χ1n) is 6.57. The van der Waals surface area contributed by atoms with Gasteiger partial charge in [0.15, 0.2) is 0 Å². The summed E-state index contributed by atoms with van der Waals surface area (Å²) in [6.45, 7) is 0.141. The minimum atomic E-state index is -0.923. The number of carboxylic acid groups (broad SMARTS) is 1. The third kappa shape index (κ3) is 3.87. The molecule has 108 valence electrons. The van der Waals surface area contributed by atoms with Crippen molar-refractivity contribution in [3.63, 3.8) is 0 Å². The maximum atomic E-state index is 11.5. The summed E-state index contributed by atoms with van der Waals surface area (Å²) in [6, 6.07) is 7.55. The predicted molar refractivity (Wildman–Crippen MR) is 76.0 cm³/mol. The fraction of sp³-hybridized carbons (Fsp3) is 0.429. The minimum absolute atomic E-state index is 0.0691. The average Bonchev–Trinajstić information content (AvgIpc) is 2.34. The molecule has 0 aliphatic heterocycles. The van der Waals surface area contributed by atoms with Crippen molar-refractivity contribution >= 4 is 23.6 Å². The van der Waals surface area contributed by atoms with E-state index in [9.17, 15) is 9.59 Å². The second-order valence-corrected chi connectivity index (χ2v) is 5.34. The molecule has 20 heavy (non-hydrogen) atoms. The van der Waals surface area contributed by atoms with Crippen LogP contribution in [0, 0.1) is 0 Å². The number of amides is 2. The molecule has 5 nitrogen and oxygen atoms in total. The van der Waals surface area contributed by atoms with Crippen molar-refractivity contribution in [1.29, 1.82) is 0 Å². The number of urea groups is 1. The van der Waals surface area contributed by atoms with E-state index in [1.165, 1.54) is 0 Å². The van der Waals surface area contributed by atoms with Gasteiger partial charge >= 0.3 is 12.0 Å². The zero-order chi connectivity index (χ0) is 14.5. The number of carbonyl (C=O) groups excluding carboxylic acids is 1. The molecule has 6 heteroatoms. The molecule has 0 aromatic heterocycles. The third-order valence-electron chi connectivity index (χ3n) is 3.44. The number of hydrogen-bond donors (Lipinski definition) is 3. The highest BCUT2D eigenvalue weighted by atomic mass is 35.5. The van der Waals surface area contributed by atoms with E-state index in [4.69, 9.17) is 16.7 Å². The molecule has 1 aliphatic carbocycles. The maximum absolute atomic E-state index is 11.5. The van der Waals surface area contributed by atoms with Gasteiger partial charge in [-0.2, -0.15) is 0 Å². The van der Waals surface area contributed by atoms with Gasteiger partial charge < -0.3 is 15.7 Å². The van der Waals surface area contributed by atoms with Crippen LogP contribution < -0.4 is 10.6 Å². The van der Waals surface area contributed by atoms with Crippen LogP contribution in [-0.2, 0) is 4.79 Å². The van der Waals surface area contributed by atoms with E-state index in [2.05, 4.69) is 10.6 Å². The van der Waals surface area contributed by atoms with Crippen LogP contribution in [0.2, 0.25) is 5.02 Å². The lowest BCUT2D eigenvalue weighted by atomic mass is 9.76. The van der Waals surface area contributed by atoms with Crippen molar-refractivity contribution in [3.05, 3.63) is 34.9 Å². The van der Waals surface area contributed by atoms with Gasteiger partial charge in [-0.15, -0.1) is 0 Å². The quantitative estimate of drug-likeness (QED) is 0.780. The lowest BCUT2D eigenvalue weighted by Crippen LogP contribution is -2.48. The van der Waals surface area contributed by atoms with Crippen LogP contribution in [0.25, 0.3) is 0 Å². The van der Waals surface area contributed by atoms with Crippen LogP contribution in [0.1, 0.15) is 30.7 Å². The van der Waals surface area contributed by atoms with Gasteiger partial charge in [0, 0.05) is 17.6 Å². The third-order valence-corrected chi connectivity index (χ3v) is 3.79. The van der Waals surface area contributed by atoms with Crippen molar-refractivity contribution in [3.8, 4) is 0 Å². The number of carbonyl (C=O) groups is 2. The molecule has 0 unspecified atom stereocenters. The Bertz CT molecular complexity index is 501. The van der Waals surface area contributed by atoms with E-state index >= 15 is 0 Å². The monoisotopic (exact) mass is 296 g/mol. The maximum Gasteiger partial charge on any atom is 0.315 e. The first-order valence-corrected chi connectivity index (χ1v) is 6.94. The standard InChI is InChI=1S/C14H17ClN2O3/c15-12-4-2-1-3-11(12)9-7-10(8-9)17-14(20)16-6-5-13(18)19/h1-4,9-10H,5-8H2,(H,18,19)(H2,16,17,20). The molecular weight excluding hydrogens is 280 g/mol. The van der Waals surface area contributed by atoms with E-state index in [-0.39, 0.29) is 25.0 Å². The van der Waals surface area contributed by atoms with E-state index in [1.807, 2.05) is 24.3 Å². The molecule has 2 rings (SSSR count). The summed E-state index contributed by atoms with van der Waals surface area (Å²) in [5.41, 5.74) is 1.12. The molecule has 0 bridgehead atoms. The van der Waals surface area contributed by atoms with E-state index in [0.717, 1.165) is 23.4 Å². The molecule has 0 spiro atoms. The van der Waals surface area contributed by atoms with Crippen LogP contribution in [0.4, 0.5) is 4.79 Å². The van der Waals surface area contributed by atoms with E-state index in [0.29, 0.717) is 5.92 Å². The molecule has 1 aliphatic rings. The summed E-state index contributed by atoms with van der Waals surface area (Å²) in [5.74, 6) is -0.541. The Morgan fingerprint density at radius 1 is 1.30 bits per heavy atom. The molecule has 2 amide bonds. The summed E-state index contributed by atoms with van der Waals surface area (Å²) in [5, 5.41) is 14.6. The first kappa shape index (κ1) is 14.7. The van der Waals surface area contributed by atoms with Gasteiger partial charge in [-0.3, -0.25) is 4.79 Å². The van der Waals surface area contributed by atoms with Crippen molar-refractivity contribution in [2.75, 3.05) is 6.54 Å². The van der Waals surface area contributed by atoms with Gasteiger partial charge in [-0.1, -0.05) is 29.8 Å². The van der Waals surface area contributed by atoms with Gasteiger partial charge in [0.1, 0.15) is 0 Å². The first-order chi connectivity index (χ1) is 9.56. The van der Waals surface area contributed by atoms with Crippen molar-refractivity contribution in [1.82, 2.24) is 10.6 Å². The van der Waals surface area contributed by atoms with Crippen molar-refractivity contribution in [2.45, 2.75) is 31.2 Å². The number of aliphatic carboxylic acids is 1. The number of carboxylic acids is 1. The molecule has 0 radical (unpaired) electrons. The number of rotatable bonds is 5. The highest BCUT2D eigenvalue weighted by molar-refractivity contribution is 6.31. The summed E-state index contributed by atoms with van der Waals surface area (Å²) < 4.78 is 0. The molecule has 1 aromatic carbocycles. The fourth-order valence-corrected chi connectivity index (χ4v) is 2.61. The number of hydrogen-bond acceptors (Lipinski definition) is 2. The normalized spacial score (nSPS) is 20.9. The van der Waals surface area contributed by atoms with Gasteiger partial charge in [-0.25, -0.2) is 4.79 Å². The van der Waals surface area contributed by atoms with Crippen LogP contribution in [0.5, 0.6) is 0 Å². The Labute approximate surface area is 122 Å². The Balaban J connectivity index is 1.70. The van der Waals surface area contributed by atoms with Crippen molar-refractivity contribution < 1.29 is 14.7 Å². The van der Waals surface area contributed by atoms with E-state index < -0.39 is 5.97 Å². The second kappa shape index (κ2) is 6.61. The summed E-state index contributed by atoms with van der Waals surface area (Å²) in [6.07, 6.45) is 1.65. The van der Waals surface area contributed by atoms with Crippen LogP contribution in [-0.4, -0.2) is 29.7 Å². The Kier molecular flexibility index (Phi) is 4.84. The Morgan fingerprint density at radius 2 is 2.00 bits per heavy atom. The summed E-state index contributed by atoms with van der Waals surface area (Å²) >= 11 is 6.13. The van der Waals surface area contributed by atoms with Gasteiger partial charge in [0.2, 0.25) is 0 Å². The summed E-state index contributed by atoms with van der Waals surface area (Å²) in [7, 11) is 0. The lowest BCUT2D eigenvalue weighted by molar-refractivity contribution is -0.136. The lowest BCUT2D eigenvalue weighted by Gasteiger charge is -2.36. The van der Waals surface area contributed by atoms with E-state index in [1.54, 1.807) is 0 Å². The van der Waals surface area contributed by atoms with Crippen LogP contribution in [0.3, 0.4) is 0 Å². The fourth-order valence-electron chi connectivity index (χ4n) is 2.32. The zero-order valence-corrected chi connectivity index (χ0v) is 11.7. The van der Waals surface area contributed by atoms with Crippen LogP contribution in [0.15, 0.2) is 24.3 Å². The predicted octanol–water partition coefficient (Wildman–Crippen LogP) is 2.36. The highest BCUT2D eigenvalue weighted by Gasteiger charge is 2.32. The molecule has 0 heterocycles. The number of benzene rings is 1. The smallest absolute Gasteiger partial charge is 0.315 e. The molecular formula is C14H17ClN2O3. The van der Waals surface area contributed by atoms with Gasteiger partial charge in [0.05, 0.1) is 6.42 Å². The average molecular weight is 297 g/mol. The molecule has 0 saturated heterocycles. The summed E-state index contributed by atoms with van der Waals surface area (Å²) in [4.78, 5) is 21.8. The molecule has 0 atom stereocenters.